The fourth-order valence-electron chi connectivity index (χ4n) is 2.60. The number of hydrogen-bond acceptors (Lipinski definition) is 0. The summed E-state index contributed by atoms with van der Waals surface area (Å²) in [6.07, 6.45) is 0. The van der Waals surface area contributed by atoms with E-state index in [0.717, 1.165) is 5.56 Å². The topological polar surface area (TPSA) is 0 Å². The SMILES string of the molecule is Cc1ccc(C(Br)c2cc(Cl)cc(Cl)c2)c2ccccc12. The predicted molar refractivity (Wildman–Crippen MR) is 95.9 cm³/mol. The highest BCUT2D eigenvalue weighted by molar-refractivity contribution is 9.09. The van der Waals surface area contributed by atoms with E-state index in [9.17, 15) is 0 Å². The van der Waals surface area contributed by atoms with Gasteiger partial charge in [-0.3, -0.25) is 0 Å². The first-order chi connectivity index (χ1) is 10.1. The molecule has 0 aliphatic rings. The molecule has 0 aliphatic heterocycles. The molecule has 21 heavy (non-hydrogen) atoms. The Morgan fingerprint density at radius 1 is 0.857 bits per heavy atom. The molecule has 3 rings (SSSR count). The van der Waals surface area contributed by atoms with Crippen LogP contribution in [0.3, 0.4) is 0 Å². The number of benzene rings is 3. The van der Waals surface area contributed by atoms with Gasteiger partial charge in [0.1, 0.15) is 0 Å². The van der Waals surface area contributed by atoms with Crippen LogP contribution >= 0.6 is 39.1 Å². The van der Waals surface area contributed by atoms with Crippen LogP contribution in [0.5, 0.6) is 0 Å². The zero-order chi connectivity index (χ0) is 15.0. The van der Waals surface area contributed by atoms with Crippen LogP contribution in [-0.2, 0) is 0 Å². The van der Waals surface area contributed by atoms with Gasteiger partial charge in [0.2, 0.25) is 0 Å². The number of alkyl halides is 1. The van der Waals surface area contributed by atoms with Crippen LogP contribution in [0.15, 0.2) is 54.6 Å². The summed E-state index contributed by atoms with van der Waals surface area (Å²) in [5.74, 6) is 0. The van der Waals surface area contributed by atoms with Crippen LogP contribution in [0.1, 0.15) is 21.5 Å². The molecule has 1 atom stereocenters. The summed E-state index contributed by atoms with van der Waals surface area (Å²) >= 11 is 16.0. The Morgan fingerprint density at radius 3 is 2.14 bits per heavy atom. The maximum Gasteiger partial charge on any atom is 0.0651 e. The van der Waals surface area contributed by atoms with Crippen molar-refractivity contribution in [1.82, 2.24) is 0 Å². The molecule has 106 valence electrons. The quantitative estimate of drug-likeness (QED) is 0.423. The Bertz CT molecular complexity index is 791. The molecule has 0 nitrogen and oxygen atoms in total. The highest BCUT2D eigenvalue weighted by atomic mass is 79.9. The number of halogens is 3. The highest BCUT2D eigenvalue weighted by Crippen LogP contribution is 2.38. The van der Waals surface area contributed by atoms with E-state index in [0.29, 0.717) is 10.0 Å². The standard InChI is InChI=1S/C18H13BrCl2/c1-11-6-7-17(16-5-3-2-4-15(11)16)18(19)12-8-13(20)10-14(21)9-12/h2-10,18H,1H3. The van der Waals surface area contributed by atoms with Crippen molar-refractivity contribution >= 4 is 49.9 Å². The normalized spacial score (nSPS) is 12.6. The van der Waals surface area contributed by atoms with Crippen LogP contribution in [0.4, 0.5) is 0 Å². The van der Waals surface area contributed by atoms with Gasteiger partial charge in [-0.05, 0) is 52.6 Å². The summed E-state index contributed by atoms with van der Waals surface area (Å²) < 4.78 is 0. The fraction of sp³-hybridized carbons (Fsp3) is 0.111. The Morgan fingerprint density at radius 2 is 1.48 bits per heavy atom. The molecule has 0 aliphatic carbocycles. The Labute approximate surface area is 142 Å². The molecule has 0 saturated carbocycles. The zero-order valence-electron chi connectivity index (χ0n) is 11.4. The third-order valence-corrected chi connectivity index (χ3v) is 5.08. The van der Waals surface area contributed by atoms with E-state index in [-0.39, 0.29) is 4.83 Å². The molecule has 3 aromatic carbocycles. The minimum Gasteiger partial charge on any atom is -0.0843 e. The summed E-state index contributed by atoms with van der Waals surface area (Å²) in [5, 5.41) is 3.82. The second-order valence-corrected chi connectivity index (χ2v) is 6.87. The molecule has 3 aromatic rings. The number of rotatable bonds is 2. The van der Waals surface area contributed by atoms with Gasteiger partial charge in [0.25, 0.3) is 0 Å². The smallest absolute Gasteiger partial charge is 0.0651 e. The van der Waals surface area contributed by atoms with Crippen molar-refractivity contribution < 1.29 is 0 Å². The molecule has 0 aromatic heterocycles. The first-order valence-electron chi connectivity index (χ1n) is 6.64. The molecular weight excluding hydrogens is 367 g/mol. The Hall–Kier alpha value is -1.02. The van der Waals surface area contributed by atoms with Crippen LogP contribution in [0.25, 0.3) is 10.8 Å². The lowest BCUT2D eigenvalue weighted by molar-refractivity contribution is 1.19. The first-order valence-corrected chi connectivity index (χ1v) is 8.32. The van der Waals surface area contributed by atoms with Gasteiger partial charge in [-0.25, -0.2) is 0 Å². The van der Waals surface area contributed by atoms with Gasteiger partial charge in [-0.2, -0.15) is 0 Å². The van der Waals surface area contributed by atoms with Crippen molar-refractivity contribution in [2.75, 3.05) is 0 Å². The second kappa shape index (κ2) is 6.00. The number of aryl methyl sites for hydroxylation is 1. The van der Waals surface area contributed by atoms with Crippen LogP contribution in [-0.4, -0.2) is 0 Å². The van der Waals surface area contributed by atoms with E-state index in [1.807, 2.05) is 12.1 Å². The third kappa shape index (κ3) is 2.96. The van der Waals surface area contributed by atoms with Crippen molar-refractivity contribution in [2.45, 2.75) is 11.8 Å². The van der Waals surface area contributed by atoms with Gasteiger partial charge in [0, 0.05) is 10.0 Å². The summed E-state index contributed by atoms with van der Waals surface area (Å²) in [6, 6.07) is 18.4. The Balaban J connectivity index is 2.18. The second-order valence-electron chi connectivity index (χ2n) is 5.08. The lowest BCUT2D eigenvalue weighted by Crippen LogP contribution is -1.95. The lowest BCUT2D eigenvalue weighted by Gasteiger charge is -2.15. The summed E-state index contributed by atoms with van der Waals surface area (Å²) in [4.78, 5) is 0.0548. The van der Waals surface area contributed by atoms with E-state index in [1.165, 1.54) is 21.9 Å². The molecule has 0 radical (unpaired) electrons. The van der Waals surface area contributed by atoms with E-state index < -0.39 is 0 Å². The molecule has 3 heteroatoms. The number of hydrogen-bond donors (Lipinski definition) is 0. The molecule has 0 bridgehead atoms. The average molecular weight is 380 g/mol. The third-order valence-electron chi connectivity index (χ3n) is 3.63. The van der Waals surface area contributed by atoms with Gasteiger partial charge in [0.15, 0.2) is 0 Å². The first kappa shape index (κ1) is 14.9. The minimum absolute atomic E-state index is 0.0548. The maximum absolute atomic E-state index is 6.12. The predicted octanol–water partition coefficient (Wildman–Crippen LogP) is 6.94. The van der Waals surface area contributed by atoms with E-state index in [4.69, 9.17) is 23.2 Å². The van der Waals surface area contributed by atoms with Gasteiger partial charge < -0.3 is 0 Å². The van der Waals surface area contributed by atoms with Gasteiger partial charge in [-0.15, -0.1) is 0 Å². The number of fused-ring (bicyclic) bond motifs is 1. The molecular formula is C18H13BrCl2. The van der Waals surface area contributed by atoms with Crippen molar-refractivity contribution in [1.29, 1.82) is 0 Å². The highest BCUT2D eigenvalue weighted by Gasteiger charge is 2.15. The van der Waals surface area contributed by atoms with E-state index in [1.54, 1.807) is 6.07 Å². The summed E-state index contributed by atoms with van der Waals surface area (Å²) in [6.45, 7) is 2.13. The molecule has 0 amide bonds. The molecule has 0 N–H and O–H groups in total. The van der Waals surface area contributed by atoms with E-state index >= 15 is 0 Å². The zero-order valence-corrected chi connectivity index (χ0v) is 14.5. The maximum atomic E-state index is 6.12. The van der Waals surface area contributed by atoms with Crippen LogP contribution in [0.2, 0.25) is 10.0 Å². The molecule has 0 saturated heterocycles. The average Bonchev–Trinajstić information content (AvgIpc) is 2.46. The molecule has 0 heterocycles. The van der Waals surface area contributed by atoms with Crippen molar-refractivity contribution in [3.8, 4) is 0 Å². The lowest BCUT2D eigenvalue weighted by atomic mass is 9.96. The minimum atomic E-state index is 0.0548. The fourth-order valence-corrected chi connectivity index (χ4v) is 3.80. The van der Waals surface area contributed by atoms with Crippen molar-refractivity contribution in [3.63, 3.8) is 0 Å². The van der Waals surface area contributed by atoms with Gasteiger partial charge >= 0.3 is 0 Å². The van der Waals surface area contributed by atoms with Gasteiger partial charge in [-0.1, -0.05) is 75.5 Å². The molecule has 1 unspecified atom stereocenters. The molecule has 0 spiro atoms. The van der Waals surface area contributed by atoms with Crippen molar-refractivity contribution in [2.24, 2.45) is 0 Å². The van der Waals surface area contributed by atoms with E-state index in [2.05, 4.69) is 59.3 Å². The largest absolute Gasteiger partial charge is 0.0843 e. The van der Waals surface area contributed by atoms with Crippen LogP contribution in [0, 0.1) is 6.92 Å². The summed E-state index contributed by atoms with van der Waals surface area (Å²) in [5.41, 5.74) is 3.55. The van der Waals surface area contributed by atoms with Crippen molar-refractivity contribution in [3.05, 3.63) is 81.3 Å². The molecule has 0 fully saturated rings. The summed E-state index contributed by atoms with van der Waals surface area (Å²) in [7, 11) is 0. The Kier molecular flexibility index (Phi) is 4.26. The van der Waals surface area contributed by atoms with Gasteiger partial charge in [0.05, 0.1) is 4.83 Å². The monoisotopic (exact) mass is 378 g/mol. The van der Waals surface area contributed by atoms with Crippen LogP contribution < -0.4 is 0 Å².